The van der Waals surface area contributed by atoms with Gasteiger partial charge in [0.25, 0.3) is 0 Å². The first-order valence-corrected chi connectivity index (χ1v) is 5.79. The maximum absolute atomic E-state index is 11.4. The number of ether oxygens (including phenoxy) is 2. The molecule has 2 N–H and O–H groups in total. The summed E-state index contributed by atoms with van der Waals surface area (Å²) in [5.74, 6) is -0.438. The Morgan fingerprint density at radius 3 is 3.06 bits per heavy atom. The van der Waals surface area contributed by atoms with Gasteiger partial charge in [0.15, 0.2) is 0 Å². The van der Waals surface area contributed by atoms with E-state index in [0.29, 0.717) is 5.69 Å². The molecule has 18 heavy (non-hydrogen) atoms. The van der Waals surface area contributed by atoms with Crippen molar-refractivity contribution in [2.24, 2.45) is 0 Å². The van der Waals surface area contributed by atoms with Crippen LogP contribution in [0.15, 0.2) is 18.3 Å². The van der Waals surface area contributed by atoms with Gasteiger partial charge in [0.1, 0.15) is 5.69 Å². The molecule has 0 aromatic carbocycles. The molecule has 6 nitrogen and oxygen atoms in total. The van der Waals surface area contributed by atoms with Crippen molar-refractivity contribution in [1.82, 2.24) is 10.3 Å². The lowest BCUT2D eigenvalue weighted by molar-refractivity contribution is 0.0594. The lowest BCUT2D eigenvalue weighted by Crippen LogP contribution is -2.33. The molecule has 0 saturated carbocycles. The predicted molar refractivity (Wildman–Crippen MR) is 66.7 cm³/mol. The second-order valence-corrected chi connectivity index (χ2v) is 4.10. The zero-order valence-corrected chi connectivity index (χ0v) is 10.5. The van der Waals surface area contributed by atoms with Crippen LogP contribution in [-0.4, -0.2) is 50.4 Å². The van der Waals surface area contributed by atoms with E-state index in [1.807, 2.05) is 6.07 Å². The summed E-state index contributed by atoms with van der Waals surface area (Å²) in [6, 6.07) is 3.68. The summed E-state index contributed by atoms with van der Waals surface area (Å²) >= 11 is 0. The summed E-state index contributed by atoms with van der Waals surface area (Å²) < 4.78 is 10.00. The maximum atomic E-state index is 11.4. The molecule has 0 radical (unpaired) electrons. The third-order valence-electron chi connectivity index (χ3n) is 2.97. The SMILES string of the molecule is COC(=O)c1cc(NC2CNC[C@@H]2OC)ccn1. The van der Waals surface area contributed by atoms with Crippen LogP contribution >= 0.6 is 0 Å². The van der Waals surface area contributed by atoms with Crippen molar-refractivity contribution in [3.63, 3.8) is 0 Å². The Hall–Kier alpha value is -1.66. The topological polar surface area (TPSA) is 72.5 Å². The first-order valence-electron chi connectivity index (χ1n) is 5.79. The second kappa shape index (κ2) is 5.79. The summed E-state index contributed by atoms with van der Waals surface area (Å²) in [6.45, 7) is 1.65. The van der Waals surface area contributed by atoms with E-state index < -0.39 is 5.97 Å². The number of nitrogens with zero attached hydrogens (tertiary/aromatic N) is 1. The highest BCUT2D eigenvalue weighted by Gasteiger charge is 2.26. The van der Waals surface area contributed by atoms with Crippen molar-refractivity contribution in [1.29, 1.82) is 0 Å². The Balaban J connectivity index is 2.07. The molecule has 0 aliphatic carbocycles. The lowest BCUT2D eigenvalue weighted by atomic mass is 10.2. The summed E-state index contributed by atoms with van der Waals surface area (Å²) in [5.41, 5.74) is 1.13. The van der Waals surface area contributed by atoms with Gasteiger partial charge in [-0.05, 0) is 12.1 Å². The smallest absolute Gasteiger partial charge is 0.356 e. The minimum Gasteiger partial charge on any atom is -0.464 e. The molecule has 1 unspecified atom stereocenters. The highest BCUT2D eigenvalue weighted by molar-refractivity contribution is 5.88. The minimum absolute atomic E-state index is 0.125. The van der Waals surface area contributed by atoms with Crippen LogP contribution in [0.25, 0.3) is 0 Å². The number of carbonyl (C=O) groups is 1. The molecule has 2 heterocycles. The zero-order chi connectivity index (χ0) is 13.0. The third-order valence-corrected chi connectivity index (χ3v) is 2.97. The van der Waals surface area contributed by atoms with E-state index in [1.165, 1.54) is 7.11 Å². The fourth-order valence-electron chi connectivity index (χ4n) is 2.00. The number of nitrogens with one attached hydrogen (secondary N) is 2. The molecule has 0 amide bonds. The fourth-order valence-corrected chi connectivity index (χ4v) is 2.00. The van der Waals surface area contributed by atoms with Crippen LogP contribution in [0, 0.1) is 0 Å². The zero-order valence-electron chi connectivity index (χ0n) is 10.5. The number of esters is 1. The molecule has 6 heteroatoms. The van der Waals surface area contributed by atoms with Gasteiger partial charge in [-0.1, -0.05) is 0 Å². The van der Waals surface area contributed by atoms with Gasteiger partial charge >= 0.3 is 5.97 Å². The van der Waals surface area contributed by atoms with Gasteiger partial charge in [0.2, 0.25) is 0 Å². The first kappa shape index (κ1) is 12.8. The Bertz CT molecular complexity index is 425. The van der Waals surface area contributed by atoms with E-state index in [4.69, 9.17) is 4.74 Å². The largest absolute Gasteiger partial charge is 0.464 e. The summed E-state index contributed by atoms with van der Waals surface area (Å²) in [7, 11) is 3.03. The summed E-state index contributed by atoms with van der Waals surface area (Å²) in [4.78, 5) is 15.3. The molecular weight excluding hydrogens is 234 g/mol. The number of hydrogen-bond acceptors (Lipinski definition) is 6. The van der Waals surface area contributed by atoms with Crippen LogP contribution in [0.4, 0.5) is 5.69 Å². The number of anilines is 1. The van der Waals surface area contributed by atoms with E-state index in [1.54, 1.807) is 19.4 Å². The van der Waals surface area contributed by atoms with Crippen molar-refractivity contribution in [3.8, 4) is 0 Å². The molecule has 1 saturated heterocycles. The average molecular weight is 251 g/mol. The summed E-state index contributed by atoms with van der Waals surface area (Å²) in [6.07, 6.45) is 1.71. The normalized spacial score (nSPS) is 22.8. The van der Waals surface area contributed by atoms with E-state index in [0.717, 1.165) is 18.8 Å². The van der Waals surface area contributed by atoms with Crippen LogP contribution in [0.2, 0.25) is 0 Å². The van der Waals surface area contributed by atoms with Gasteiger partial charge in [-0.15, -0.1) is 0 Å². The Kier molecular flexibility index (Phi) is 4.11. The van der Waals surface area contributed by atoms with Crippen LogP contribution in [0.1, 0.15) is 10.5 Å². The molecule has 1 fully saturated rings. The van der Waals surface area contributed by atoms with E-state index in [-0.39, 0.29) is 12.1 Å². The molecule has 1 aliphatic rings. The molecule has 0 spiro atoms. The number of aromatic nitrogens is 1. The van der Waals surface area contributed by atoms with Crippen molar-refractivity contribution < 1.29 is 14.3 Å². The van der Waals surface area contributed by atoms with Crippen LogP contribution in [0.5, 0.6) is 0 Å². The number of methoxy groups -OCH3 is 2. The molecule has 2 rings (SSSR count). The fraction of sp³-hybridized carbons (Fsp3) is 0.500. The maximum Gasteiger partial charge on any atom is 0.356 e. The molecule has 98 valence electrons. The molecule has 1 aromatic rings. The minimum atomic E-state index is -0.438. The van der Waals surface area contributed by atoms with Crippen molar-refractivity contribution >= 4 is 11.7 Å². The van der Waals surface area contributed by atoms with Crippen LogP contribution in [-0.2, 0) is 9.47 Å². The standard InChI is InChI=1S/C12H17N3O3/c1-17-11-7-13-6-10(11)15-8-3-4-14-9(5-8)12(16)18-2/h3-5,10-11,13H,6-7H2,1-2H3,(H,14,15)/t10?,11-/m0/s1. The van der Waals surface area contributed by atoms with Gasteiger partial charge in [-0.25, -0.2) is 9.78 Å². The third kappa shape index (κ3) is 2.77. The van der Waals surface area contributed by atoms with E-state index in [2.05, 4.69) is 20.4 Å². The highest BCUT2D eigenvalue weighted by Crippen LogP contribution is 2.14. The van der Waals surface area contributed by atoms with Gasteiger partial charge in [0.05, 0.1) is 19.3 Å². The number of hydrogen-bond donors (Lipinski definition) is 2. The van der Waals surface area contributed by atoms with Crippen molar-refractivity contribution in [2.75, 3.05) is 32.6 Å². The second-order valence-electron chi connectivity index (χ2n) is 4.10. The monoisotopic (exact) mass is 251 g/mol. The highest BCUT2D eigenvalue weighted by atomic mass is 16.5. The molecular formula is C12H17N3O3. The Morgan fingerprint density at radius 1 is 1.50 bits per heavy atom. The van der Waals surface area contributed by atoms with Crippen molar-refractivity contribution in [2.45, 2.75) is 12.1 Å². The van der Waals surface area contributed by atoms with E-state index >= 15 is 0 Å². The average Bonchev–Trinajstić information content (AvgIpc) is 2.85. The number of carbonyl (C=O) groups excluding carboxylic acids is 1. The van der Waals surface area contributed by atoms with Crippen LogP contribution in [0.3, 0.4) is 0 Å². The Labute approximate surface area is 106 Å². The molecule has 1 aromatic heterocycles. The summed E-state index contributed by atoms with van der Waals surface area (Å²) in [5, 5.41) is 6.57. The van der Waals surface area contributed by atoms with Gasteiger partial charge in [-0.3, -0.25) is 0 Å². The van der Waals surface area contributed by atoms with Crippen LogP contribution < -0.4 is 10.6 Å². The Morgan fingerprint density at radius 2 is 2.33 bits per heavy atom. The number of rotatable bonds is 4. The molecule has 0 bridgehead atoms. The van der Waals surface area contributed by atoms with E-state index in [9.17, 15) is 4.79 Å². The first-order chi connectivity index (χ1) is 8.74. The van der Waals surface area contributed by atoms with Crippen molar-refractivity contribution in [3.05, 3.63) is 24.0 Å². The lowest BCUT2D eigenvalue weighted by Gasteiger charge is -2.19. The molecule has 1 aliphatic heterocycles. The predicted octanol–water partition coefficient (Wildman–Crippen LogP) is 0.267. The quantitative estimate of drug-likeness (QED) is 0.748. The molecule has 2 atom stereocenters. The van der Waals surface area contributed by atoms with Gasteiger partial charge in [0, 0.05) is 32.1 Å². The number of pyridine rings is 1. The van der Waals surface area contributed by atoms with Gasteiger partial charge < -0.3 is 20.1 Å². The van der Waals surface area contributed by atoms with Gasteiger partial charge in [-0.2, -0.15) is 0 Å².